The summed E-state index contributed by atoms with van der Waals surface area (Å²) in [7, 11) is 0. The van der Waals surface area contributed by atoms with Crippen molar-refractivity contribution in [3.8, 4) is 11.1 Å². The van der Waals surface area contributed by atoms with E-state index in [1.54, 1.807) is 20.8 Å². The van der Waals surface area contributed by atoms with Gasteiger partial charge in [-0.3, -0.25) is 4.79 Å². The predicted octanol–water partition coefficient (Wildman–Crippen LogP) is 2.60. The molecule has 0 spiro atoms. The quantitative estimate of drug-likeness (QED) is 0.821. The number of carbonyl (C=O) groups is 2. The molecule has 0 atom stereocenters. The van der Waals surface area contributed by atoms with Gasteiger partial charge in [-0.05, 0) is 26.3 Å². The molecule has 0 saturated carbocycles. The number of rotatable bonds is 5. The van der Waals surface area contributed by atoms with E-state index in [-0.39, 0.29) is 24.7 Å². The van der Waals surface area contributed by atoms with Crippen LogP contribution in [0.2, 0.25) is 0 Å². The molecule has 24 heavy (non-hydrogen) atoms. The Balaban J connectivity index is 1.84. The maximum Gasteiger partial charge on any atom is 0.407 e. The molecular weight excluding hydrogens is 310 g/mol. The Hall–Kier alpha value is -2.83. The highest BCUT2D eigenvalue weighted by Gasteiger charge is 2.18. The first-order valence-electron chi connectivity index (χ1n) is 7.61. The van der Waals surface area contributed by atoms with Gasteiger partial charge in [-0.2, -0.15) is 0 Å². The normalized spacial score (nSPS) is 11.0. The number of hydrogen-bond donors (Lipinski definition) is 2. The van der Waals surface area contributed by atoms with E-state index >= 15 is 0 Å². The van der Waals surface area contributed by atoms with Gasteiger partial charge in [-0.15, -0.1) is 0 Å². The van der Waals surface area contributed by atoms with Gasteiger partial charge in [-0.25, -0.2) is 4.79 Å². The van der Waals surface area contributed by atoms with E-state index in [1.807, 2.05) is 30.3 Å². The first-order valence-corrected chi connectivity index (χ1v) is 7.61. The summed E-state index contributed by atoms with van der Waals surface area (Å²) in [6.07, 6.45) is 0.909. The lowest BCUT2D eigenvalue weighted by Gasteiger charge is -2.19. The molecule has 1 aromatic carbocycles. The Morgan fingerprint density at radius 2 is 1.79 bits per heavy atom. The summed E-state index contributed by atoms with van der Waals surface area (Å²) < 4.78 is 10.0. The van der Waals surface area contributed by atoms with Gasteiger partial charge in [0.1, 0.15) is 11.9 Å². The fourth-order valence-electron chi connectivity index (χ4n) is 1.96. The van der Waals surface area contributed by atoms with E-state index in [2.05, 4.69) is 15.8 Å². The molecule has 1 aromatic heterocycles. The minimum Gasteiger partial charge on any atom is -0.444 e. The molecule has 2 N–H and O–H groups in total. The Morgan fingerprint density at radius 1 is 1.12 bits per heavy atom. The predicted molar refractivity (Wildman–Crippen MR) is 88.5 cm³/mol. The zero-order chi connectivity index (χ0) is 17.6. The second-order valence-electron chi connectivity index (χ2n) is 6.13. The monoisotopic (exact) mass is 331 g/mol. The van der Waals surface area contributed by atoms with Crippen molar-refractivity contribution in [3.63, 3.8) is 0 Å². The Morgan fingerprint density at radius 3 is 2.46 bits per heavy atom. The number of alkyl carbamates (subject to hydrolysis) is 1. The second-order valence-corrected chi connectivity index (χ2v) is 6.13. The highest BCUT2D eigenvalue weighted by molar-refractivity contribution is 5.98. The molecule has 2 rings (SSSR count). The smallest absolute Gasteiger partial charge is 0.407 e. The molecule has 0 unspecified atom stereocenters. The van der Waals surface area contributed by atoms with Crippen LogP contribution < -0.4 is 10.6 Å². The summed E-state index contributed by atoms with van der Waals surface area (Å²) in [5.74, 6) is -0.367. The van der Waals surface area contributed by atoms with Crippen LogP contribution in [-0.4, -0.2) is 35.8 Å². The molecule has 0 aliphatic rings. The Labute approximate surface area is 140 Å². The van der Waals surface area contributed by atoms with Crippen molar-refractivity contribution in [2.75, 3.05) is 13.1 Å². The lowest BCUT2D eigenvalue weighted by atomic mass is 10.1. The average Bonchev–Trinajstić information content (AvgIpc) is 3.00. The molecule has 0 aliphatic carbocycles. The van der Waals surface area contributed by atoms with Gasteiger partial charge in [0, 0.05) is 13.1 Å². The molecule has 2 aromatic rings. The van der Waals surface area contributed by atoms with Crippen LogP contribution in [0.3, 0.4) is 0 Å². The minimum atomic E-state index is -0.557. The molecule has 2 amide bonds. The van der Waals surface area contributed by atoms with Gasteiger partial charge < -0.3 is 19.9 Å². The second kappa shape index (κ2) is 7.63. The standard InChI is InChI=1S/C17H21N3O4/c1-17(2,3)24-16(22)19-10-9-18-15(21)14-13(11-23-20-14)12-7-5-4-6-8-12/h4-8,11H,9-10H2,1-3H3,(H,18,21)(H,19,22). The lowest BCUT2D eigenvalue weighted by molar-refractivity contribution is 0.0526. The third kappa shape index (κ3) is 5.12. The topological polar surface area (TPSA) is 93.5 Å². The van der Waals surface area contributed by atoms with Crippen LogP contribution in [0.5, 0.6) is 0 Å². The maximum atomic E-state index is 12.2. The summed E-state index contributed by atoms with van der Waals surface area (Å²) in [4.78, 5) is 23.7. The number of nitrogens with zero attached hydrogens (tertiary/aromatic N) is 1. The van der Waals surface area contributed by atoms with Crippen LogP contribution >= 0.6 is 0 Å². The third-order valence-electron chi connectivity index (χ3n) is 2.95. The van der Waals surface area contributed by atoms with Crippen molar-refractivity contribution in [2.45, 2.75) is 26.4 Å². The molecule has 7 nitrogen and oxygen atoms in total. The fourth-order valence-corrected chi connectivity index (χ4v) is 1.96. The van der Waals surface area contributed by atoms with Crippen LogP contribution in [0.4, 0.5) is 4.79 Å². The number of ether oxygens (including phenoxy) is 1. The van der Waals surface area contributed by atoms with E-state index in [4.69, 9.17) is 9.26 Å². The average molecular weight is 331 g/mol. The van der Waals surface area contributed by atoms with Crippen LogP contribution in [-0.2, 0) is 4.74 Å². The first kappa shape index (κ1) is 17.5. The highest BCUT2D eigenvalue weighted by Crippen LogP contribution is 2.22. The third-order valence-corrected chi connectivity index (χ3v) is 2.95. The zero-order valence-electron chi connectivity index (χ0n) is 14.0. The molecule has 0 bridgehead atoms. The van der Waals surface area contributed by atoms with Crippen molar-refractivity contribution in [1.29, 1.82) is 0 Å². The van der Waals surface area contributed by atoms with Crippen LogP contribution in [0, 0.1) is 0 Å². The highest BCUT2D eigenvalue weighted by atomic mass is 16.6. The van der Waals surface area contributed by atoms with Gasteiger partial charge in [0.2, 0.25) is 0 Å². The number of nitrogens with one attached hydrogen (secondary N) is 2. The molecular formula is C17H21N3O4. The van der Waals surface area contributed by atoms with Crippen molar-refractivity contribution in [3.05, 3.63) is 42.3 Å². The van der Waals surface area contributed by atoms with E-state index < -0.39 is 11.7 Å². The molecule has 0 aliphatic heterocycles. The largest absolute Gasteiger partial charge is 0.444 e. The van der Waals surface area contributed by atoms with Crippen molar-refractivity contribution < 1.29 is 18.8 Å². The molecule has 7 heteroatoms. The van der Waals surface area contributed by atoms with E-state index in [0.29, 0.717) is 5.56 Å². The summed E-state index contributed by atoms with van der Waals surface area (Å²) in [5, 5.41) is 9.00. The number of hydrogen-bond acceptors (Lipinski definition) is 5. The Kier molecular flexibility index (Phi) is 5.57. The van der Waals surface area contributed by atoms with Gasteiger partial charge >= 0.3 is 6.09 Å². The molecule has 0 radical (unpaired) electrons. The number of benzene rings is 1. The van der Waals surface area contributed by atoms with Crippen molar-refractivity contribution in [2.24, 2.45) is 0 Å². The molecule has 128 valence electrons. The molecule has 1 heterocycles. The van der Waals surface area contributed by atoms with Crippen LogP contribution in [0.1, 0.15) is 31.3 Å². The SMILES string of the molecule is CC(C)(C)OC(=O)NCCNC(=O)c1nocc1-c1ccccc1. The summed E-state index contributed by atoms with van der Waals surface area (Å²) >= 11 is 0. The molecule has 0 fully saturated rings. The van der Waals surface area contributed by atoms with Gasteiger partial charge in [0.05, 0.1) is 5.56 Å². The minimum absolute atomic E-state index is 0.207. The summed E-state index contributed by atoms with van der Waals surface area (Å²) in [6.45, 7) is 5.84. The van der Waals surface area contributed by atoms with Crippen molar-refractivity contribution in [1.82, 2.24) is 15.8 Å². The van der Waals surface area contributed by atoms with E-state index in [9.17, 15) is 9.59 Å². The van der Waals surface area contributed by atoms with E-state index in [1.165, 1.54) is 6.26 Å². The number of aromatic nitrogens is 1. The zero-order valence-corrected chi connectivity index (χ0v) is 14.0. The van der Waals surface area contributed by atoms with Crippen LogP contribution in [0.15, 0.2) is 41.1 Å². The van der Waals surface area contributed by atoms with E-state index in [0.717, 1.165) is 5.56 Å². The molecule has 0 saturated heterocycles. The Bertz CT molecular complexity index is 689. The van der Waals surface area contributed by atoms with Gasteiger partial charge in [-0.1, -0.05) is 35.5 Å². The van der Waals surface area contributed by atoms with Gasteiger partial charge in [0.15, 0.2) is 5.69 Å². The van der Waals surface area contributed by atoms with Gasteiger partial charge in [0.25, 0.3) is 5.91 Å². The van der Waals surface area contributed by atoms with Crippen LogP contribution in [0.25, 0.3) is 11.1 Å². The first-order chi connectivity index (χ1) is 11.4. The van der Waals surface area contributed by atoms with Crippen molar-refractivity contribution >= 4 is 12.0 Å². The fraction of sp³-hybridized carbons (Fsp3) is 0.353. The maximum absolute atomic E-state index is 12.2. The lowest BCUT2D eigenvalue weighted by Crippen LogP contribution is -2.38. The summed E-state index contributed by atoms with van der Waals surface area (Å²) in [5.41, 5.74) is 1.11. The number of amides is 2. The number of carbonyl (C=O) groups excluding carboxylic acids is 2. The summed E-state index contributed by atoms with van der Waals surface area (Å²) in [6, 6.07) is 9.36.